The summed E-state index contributed by atoms with van der Waals surface area (Å²) in [4.78, 5) is 27.5. The summed E-state index contributed by atoms with van der Waals surface area (Å²) in [6.07, 6.45) is 2.24. The molecular weight excluding hydrogens is 559 g/mol. The maximum Gasteiger partial charge on any atom is 0.333 e. The van der Waals surface area contributed by atoms with Crippen LogP contribution in [0.1, 0.15) is 12.8 Å². The van der Waals surface area contributed by atoms with Crippen molar-refractivity contribution in [2.45, 2.75) is 17.1 Å². The summed E-state index contributed by atoms with van der Waals surface area (Å²) < 4.78 is 27.8. The summed E-state index contributed by atoms with van der Waals surface area (Å²) >= 11 is 13.0. The average molecular weight is 579 g/mol. The van der Waals surface area contributed by atoms with E-state index in [4.69, 9.17) is 23.2 Å². The van der Waals surface area contributed by atoms with Gasteiger partial charge in [0.25, 0.3) is 15.6 Å². The van der Waals surface area contributed by atoms with Crippen molar-refractivity contribution >= 4 is 72.7 Å². The number of urea groups is 1. The molecule has 1 aliphatic rings. The first-order valence-corrected chi connectivity index (χ1v) is 14.2. The van der Waals surface area contributed by atoms with Crippen LogP contribution in [0.4, 0.5) is 16.2 Å². The van der Waals surface area contributed by atoms with Crippen molar-refractivity contribution in [3.63, 3.8) is 0 Å². The molecule has 1 saturated heterocycles. The molecule has 192 valence electrons. The quantitative estimate of drug-likeness (QED) is 0.300. The van der Waals surface area contributed by atoms with E-state index < -0.39 is 21.6 Å². The molecule has 0 atom stereocenters. The van der Waals surface area contributed by atoms with Gasteiger partial charge in [0.05, 0.1) is 15.0 Å². The Bertz CT molecular complexity index is 1700. The standard InChI is InChI=1S/C24H20Cl2N4O5S2/c25-18-13-15(27-24(33)28-37(34,35)22-8-7-20(26)36-22)3-6-19(18)30-21(31)12-14-11-16(29-9-1-2-10-29)4-5-17(14)23(30)32/h3-8,11-13,32H,1-2,9-10H2,(H2,27,28,33). The fourth-order valence-electron chi connectivity index (χ4n) is 4.24. The van der Waals surface area contributed by atoms with E-state index in [0.717, 1.165) is 47.5 Å². The molecule has 0 spiro atoms. The number of sulfonamides is 1. The first-order valence-electron chi connectivity index (χ1n) is 11.2. The molecule has 3 N–H and O–H groups in total. The second-order valence-corrected chi connectivity index (χ2v) is 12.4. The number of thiophene rings is 1. The fourth-order valence-corrected chi connectivity index (χ4v) is 6.89. The molecule has 1 fully saturated rings. The first-order chi connectivity index (χ1) is 17.6. The predicted octanol–water partition coefficient (Wildman–Crippen LogP) is 5.18. The van der Waals surface area contributed by atoms with E-state index in [1.807, 2.05) is 16.9 Å². The molecule has 0 unspecified atom stereocenters. The van der Waals surface area contributed by atoms with Gasteiger partial charge in [-0.2, -0.15) is 0 Å². The molecule has 37 heavy (non-hydrogen) atoms. The van der Waals surface area contributed by atoms with Gasteiger partial charge in [-0.15, -0.1) is 11.3 Å². The minimum Gasteiger partial charge on any atom is -0.494 e. The van der Waals surface area contributed by atoms with Crippen LogP contribution in [0, 0.1) is 0 Å². The lowest BCUT2D eigenvalue weighted by Crippen LogP contribution is -2.33. The van der Waals surface area contributed by atoms with E-state index in [0.29, 0.717) is 10.8 Å². The largest absolute Gasteiger partial charge is 0.494 e. The van der Waals surface area contributed by atoms with Crippen LogP contribution in [-0.4, -0.2) is 37.2 Å². The van der Waals surface area contributed by atoms with Gasteiger partial charge in [-0.05, 0) is 66.8 Å². The van der Waals surface area contributed by atoms with Crippen molar-refractivity contribution in [2.75, 3.05) is 23.3 Å². The third-order valence-corrected chi connectivity index (χ3v) is 9.30. The average Bonchev–Trinajstić information content (AvgIpc) is 3.52. The van der Waals surface area contributed by atoms with E-state index in [1.165, 1.54) is 36.4 Å². The third kappa shape index (κ3) is 5.12. The topological polar surface area (TPSA) is 121 Å². The van der Waals surface area contributed by atoms with E-state index >= 15 is 0 Å². The van der Waals surface area contributed by atoms with E-state index in [1.54, 1.807) is 6.07 Å². The number of pyridine rings is 1. The molecule has 4 aromatic rings. The molecule has 0 bridgehead atoms. The van der Waals surface area contributed by atoms with Crippen LogP contribution in [-0.2, 0) is 10.0 Å². The highest BCUT2D eigenvalue weighted by molar-refractivity contribution is 7.92. The molecular formula is C24H20Cl2N4O5S2. The lowest BCUT2D eigenvalue weighted by atomic mass is 10.1. The highest BCUT2D eigenvalue weighted by Gasteiger charge is 2.21. The Morgan fingerprint density at radius 3 is 2.43 bits per heavy atom. The normalized spacial score (nSPS) is 13.7. The number of fused-ring (bicyclic) bond motifs is 1. The number of rotatable bonds is 5. The zero-order chi connectivity index (χ0) is 26.3. The number of carbonyl (C=O) groups is 1. The Balaban J connectivity index is 1.40. The minimum absolute atomic E-state index is 0.0520. The van der Waals surface area contributed by atoms with Crippen LogP contribution in [0.15, 0.2) is 63.6 Å². The lowest BCUT2D eigenvalue weighted by Gasteiger charge is -2.19. The Morgan fingerprint density at radius 2 is 1.76 bits per heavy atom. The number of hydrogen-bond acceptors (Lipinski definition) is 7. The smallest absolute Gasteiger partial charge is 0.333 e. The molecule has 1 aliphatic heterocycles. The number of aromatic hydroxyl groups is 1. The number of nitrogens with one attached hydrogen (secondary N) is 2. The summed E-state index contributed by atoms with van der Waals surface area (Å²) in [6.45, 7) is 1.91. The van der Waals surface area contributed by atoms with Crippen molar-refractivity contribution in [2.24, 2.45) is 0 Å². The Labute approximate surface area is 225 Å². The molecule has 2 aromatic heterocycles. The molecule has 0 radical (unpaired) electrons. The number of benzene rings is 2. The molecule has 13 heteroatoms. The minimum atomic E-state index is -4.10. The number of halogens is 2. The second kappa shape index (κ2) is 9.90. The molecule has 2 amide bonds. The highest BCUT2D eigenvalue weighted by Crippen LogP contribution is 2.33. The van der Waals surface area contributed by atoms with E-state index in [-0.39, 0.29) is 30.8 Å². The van der Waals surface area contributed by atoms with Crippen LogP contribution < -0.4 is 20.5 Å². The third-order valence-electron chi connectivity index (χ3n) is 5.95. The zero-order valence-corrected chi connectivity index (χ0v) is 22.2. The van der Waals surface area contributed by atoms with Gasteiger partial charge in [-0.25, -0.2) is 22.5 Å². The van der Waals surface area contributed by atoms with Crippen LogP contribution in [0.5, 0.6) is 5.88 Å². The van der Waals surface area contributed by atoms with E-state index in [9.17, 15) is 23.1 Å². The van der Waals surface area contributed by atoms with Crippen molar-refractivity contribution < 1.29 is 18.3 Å². The molecule has 0 saturated carbocycles. The number of amides is 2. The van der Waals surface area contributed by atoms with Gasteiger partial charge in [0, 0.05) is 35.9 Å². The Morgan fingerprint density at radius 1 is 1.00 bits per heavy atom. The Hall–Kier alpha value is -3.25. The van der Waals surface area contributed by atoms with Gasteiger partial charge in [0.2, 0.25) is 5.88 Å². The number of anilines is 2. The molecule has 9 nitrogen and oxygen atoms in total. The predicted molar refractivity (Wildman–Crippen MR) is 146 cm³/mol. The maximum atomic E-state index is 13.0. The van der Waals surface area contributed by atoms with Gasteiger partial charge in [0.1, 0.15) is 4.21 Å². The summed E-state index contributed by atoms with van der Waals surface area (Å²) in [5.74, 6) is -0.267. The van der Waals surface area contributed by atoms with Crippen LogP contribution in [0.2, 0.25) is 9.36 Å². The lowest BCUT2D eigenvalue weighted by molar-refractivity contribution is 0.256. The highest BCUT2D eigenvalue weighted by atomic mass is 35.5. The maximum absolute atomic E-state index is 13.0. The molecule has 2 aromatic carbocycles. The van der Waals surface area contributed by atoms with Crippen molar-refractivity contribution in [3.8, 4) is 11.6 Å². The summed E-state index contributed by atoms with van der Waals surface area (Å²) in [6, 6.07) is 12.9. The monoisotopic (exact) mass is 578 g/mol. The Kier molecular flexibility index (Phi) is 6.80. The van der Waals surface area contributed by atoms with Crippen LogP contribution in [0.3, 0.4) is 0 Å². The first kappa shape index (κ1) is 25.4. The van der Waals surface area contributed by atoms with Gasteiger partial charge in [-0.3, -0.25) is 4.79 Å². The SMILES string of the molecule is O=C(Nc1ccc(-n2c(O)c3ccc(N4CCCC4)cc3cc2=O)c(Cl)c1)NS(=O)(=O)c1ccc(Cl)s1. The number of hydrogen-bond donors (Lipinski definition) is 3. The molecule has 5 rings (SSSR count). The van der Waals surface area contributed by atoms with Crippen molar-refractivity contribution in [1.82, 2.24) is 9.29 Å². The van der Waals surface area contributed by atoms with Crippen LogP contribution >= 0.6 is 34.5 Å². The number of carbonyl (C=O) groups excluding carboxylic acids is 1. The van der Waals surface area contributed by atoms with Gasteiger partial charge >= 0.3 is 6.03 Å². The van der Waals surface area contributed by atoms with E-state index in [2.05, 4.69) is 10.2 Å². The van der Waals surface area contributed by atoms with Crippen molar-refractivity contribution in [1.29, 1.82) is 0 Å². The number of aromatic nitrogens is 1. The summed E-state index contributed by atoms with van der Waals surface area (Å²) in [7, 11) is -4.10. The van der Waals surface area contributed by atoms with Gasteiger partial charge in [-0.1, -0.05) is 23.2 Å². The van der Waals surface area contributed by atoms with Crippen LogP contribution in [0.25, 0.3) is 16.5 Å². The second-order valence-electron chi connectivity index (χ2n) is 8.39. The molecule has 3 heterocycles. The van der Waals surface area contributed by atoms with Gasteiger partial charge in [0.15, 0.2) is 0 Å². The summed E-state index contributed by atoms with van der Waals surface area (Å²) in [5, 5.41) is 14.5. The molecule has 0 aliphatic carbocycles. The summed E-state index contributed by atoms with van der Waals surface area (Å²) in [5.41, 5.74) is 0.887. The fraction of sp³-hybridized carbons (Fsp3) is 0.167. The van der Waals surface area contributed by atoms with Gasteiger partial charge < -0.3 is 15.3 Å². The zero-order valence-electron chi connectivity index (χ0n) is 19.1. The van der Waals surface area contributed by atoms with Crippen molar-refractivity contribution in [3.05, 3.63) is 74.3 Å². The number of nitrogens with zero attached hydrogens (tertiary/aromatic N) is 2.